The monoisotopic (exact) mass is 425 g/mol. The average molecular weight is 425 g/mol. The van der Waals surface area contributed by atoms with E-state index >= 15 is 0 Å². The zero-order valence-corrected chi connectivity index (χ0v) is 17.8. The molecule has 1 unspecified atom stereocenters. The average Bonchev–Trinajstić information content (AvgIpc) is 3.06. The summed E-state index contributed by atoms with van der Waals surface area (Å²) >= 11 is 0. The Labute approximate surface area is 179 Å². The fourth-order valence-electron chi connectivity index (χ4n) is 3.36. The molecule has 0 saturated carbocycles. The molecule has 2 aromatic carbocycles. The van der Waals surface area contributed by atoms with Gasteiger partial charge in [-0.15, -0.1) is 0 Å². The van der Waals surface area contributed by atoms with Crippen molar-refractivity contribution in [1.82, 2.24) is 15.1 Å². The number of hydrogen-bond donors (Lipinski definition) is 1. The highest BCUT2D eigenvalue weighted by molar-refractivity contribution is 5.93. The summed E-state index contributed by atoms with van der Waals surface area (Å²) in [5, 5.41) is 7.14. The third-order valence-electron chi connectivity index (χ3n) is 4.88. The molecule has 1 N–H and O–H groups in total. The van der Waals surface area contributed by atoms with E-state index in [1.165, 1.54) is 16.8 Å². The molecule has 1 amide bonds. The van der Waals surface area contributed by atoms with E-state index in [4.69, 9.17) is 9.47 Å². The quantitative estimate of drug-likeness (QED) is 0.584. The Balaban J connectivity index is 1.65. The Hall–Kier alpha value is -3.68. The molecule has 1 atom stereocenters. The molecule has 0 aliphatic rings. The van der Waals surface area contributed by atoms with Gasteiger partial charge in [0.05, 0.1) is 30.2 Å². The summed E-state index contributed by atoms with van der Waals surface area (Å²) in [5.41, 5.74) is 2.70. The van der Waals surface area contributed by atoms with Crippen LogP contribution in [0.1, 0.15) is 40.3 Å². The van der Waals surface area contributed by atoms with Gasteiger partial charge in [0.2, 0.25) is 0 Å². The molecule has 31 heavy (non-hydrogen) atoms. The van der Waals surface area contributed by atoms with Crippen molar-refractivity contribution in [1.29, 1.82) is 0 Å². The molecular formula is C23H24FN3O4. The summed E-state index contributed by atoms with van der Waals surface area (Å²) < 4.78 is 25.2. The van der Waals surface area contributed by atoms with Crippen LogP contribution < -0.4 is 10.1 Å². The normalized spacial score (nSPS) is 11.6. The van der Waals surface area contributed by atoms with Crippen LogP contribution in [0.3, 0.4) is 0 Å². The maximum Gasteiger partial charge on any atom is 0.342 e. The molecule has 0 radical (unpaired) electrons. The molecule has 3 rings (SSSR count). The molecule has 0 spiro atoms. The number of halogens is 1. The maximum absolute atomic E-state index is 13.2. The zero-order chi connectivity index (χ0) is 22.5. The van der Waals surface area contributed by atoms with Crippen molar-refractivity contribution in [2.45, 2.75) is 26.8 Å². The lowest BCUT2D eigenvalue weighted by atomic mass is 10.1. The van der Waals surface area contributed by atoms with E-state index in [9.17, 15) is 14.0 Å². The van der Waals surface area contributed by atoms with Gasteiger partial charge in [0, 0.05) is 5.56 Å². The number of benzene rings is 2. The van der Waals surface area contributed by atoms with E-state index in [1.807, 2.05) is 31.2 Å². The third-order valence-corrected chi connectivity index (χ3v) is 4.88. The lowest BCUT2D eigenvalue weighted by Gasteiger charge is -2.17. The number of amides is 1. The lowest BCUT2D eigenvalue weighted by molar-refractivity contribution is -0.124. The second kappa shape index (κ2) is 9.42. The number of hydrogen-bond acceptors (Lipinski definition) is 5. The van der Waals surface area contributed by atoms with Crippen LogP contribution in [0, 0.1) is 19.7 Å². The van der Waals surface area contributed by atoms with Crippen molar-refractivity contribution in [3.8, 4) is 11.4 Å². The SMILES string of the molecule is COc1ccccc1C(C)NC(=O)COC(=O)c1c(C)nn(-c2ccc(F)cc2)c1C. The van der Waals surface area contributed by atoms with Gasteiger partial charge < -0.3 is 14.8 Å². The van der Waals surface area contributed by atoms with Gasteiger partial charge in [-0.3, -0.25) is 4.79 Å². The first kappa shape index (κ1) is 22.0. The molecule has 1 heterocycles. The van der Waals surface area contributed by atoms with Crippen LogP contribution in [-0.4, -0.2) is 35.4 Å². The summed E-state index contributed by atoms with van der Waals surface area (Å²) in [4.78, 5) is 24.9. The van der Waals surface area contributed by atoms with Gasteiger partial charge in [-0.05, 0) is 51.1 Å². The van der Waals surface area contributed by atoms with E-state index in [0.29, 0.717) is 22.8 Å². The topological polar surface area (TPSA) is 82.4 Å². The van der Waals surface area contributed by atoms with Gasteiger partial charge in [-0.2, -0.15) is 5.10 Å². The molecule has 0 saturated heterocycles. The zero-order valence-electron chi connectivity index (χ0n) is 17.8. The highest BCUT2D eigenvalue weighted by Gasteiger charge is 2.22. The van der Waals surface area contributed by atoms with Crippen LogP contribution >= 0.6 is 0 Å². The van der Waals surface area contributed by atoms with Crippen LogP contribution in [0.4, 0.5) is 4.39 Å². The van der Waals surface area contributed by atoms with Crippen molar-refractivity contribution < 1.29 is 23.5 Å². The molecule has 0 bridgehead atoms. The fourth-order valence-corrected chi connectivity index (χ4v) is 3.36. The minimum Gasteiger partial charge on any atom is -0.496 e. The number of para-hydroxylation sites is 1. The van der Waals surface area contributed by atoms with Crippen LogP contribution in [0.2, 0.25) is 0 Å². The molecular weight excluding hydrogens is 401 g/mol. The van der Waals surface area contributed by atoms with E-state index in [-0.39, 0.29) is 17.4 Å². The van der Waals surface area contributed by atoms with Gasteiger partial charge in [-0.1, -0.05) is 18.2 Å². The standard InChI is InChI=1S/C23H24FN3O4/c1-14(19-7-5-6-8-20(19)30-4)25-21(28)13-31-23(29)22-15(2)26-27(16(22)3)18-11-9-17(24)10-12-18/h5-12,14H,13H2,1-4H3,(H,25,28). The molecule has 0 fully saturated rings. The van der Waals surface area contributed by atoms with Crippen molar-refractivity contribution in [2.24, 2.45) is 0 Å². The highest BCUT2D eigenvalue weighted by atomic mass is 19.1. The lowest BCUT2D eigenvalue weighted by Crippen LogP contribution is -2.31. The fraction of sp³-hybridized carbons (Fsp3) is 0.261. The van der Waals surface area contributed by atoms with Crippen LogP contribution in [-0.2, 0) is 9.53 Å². The first-order valence-corrected chi connectivity index (χ1v) is 9.73. The van der Waals surface area contributed by atoms with Crippen LogP contribution in [0.15, 0.2) is 48.5 Å². The first-order valence-electron chi connectivity index (χ1n) is 9.73. The van der Waals surface area contributed by atoms with E-state index in [0.717, 1.165) is 5.56 Å². The molecule has 0 aliphatic carbocycles. The molecule has 162 valence electrons. The molecule has 8 heteroatoms. The Bertz CT molecular complexity index is 1090. The number of methoxy groups -OCH3 is 1. The minimum atomic E-state index is -0.650. The second-order valence-corrected chi connectivity index (χ2v) is 7.04. The first-order chi connectivity index (χ1) is 14.8. The minimum absolute atomic E-state index is 0.273. The number of nitrogens with zero attached hydrogens (tertiary/aromatic N) is 2. The van der Waals surface area contributed by atoms with Crippen molar-refractivity contribution in [3.63, 3.8) is 0 Å². The van der Waals surface area contributed by atoms with Gasteiger partial charge in [-0.25, -0.2) is 13.9 Å². The summed E-state index contributed by atoms with van der Waals surface area (Å²) in [6, 6.07) is 12.8. The Kier molecular flexibility index (Phi) is 6.69. The number of esters is 1. The number of nitrogens with one attached hydrogen (secondary N) is 1. The second-order valence-electron chi connectivity index (χ2n) is 7.04. The summed E-state index contributed by atoms with van der Waals surface area (Å²) in [5.74, 6) is -0.790. The van der Waals surface area contributed by atoms with Crippen LogP contribution in [0.25, 0.3) is 5.69 Å². The number of carbonyl (C=O) groups excluding carboxylic acids is 2. The van der Waals surface area contributed by atoms with E-state index < -0.39 is 18.5 Å². The predicted octanol–water partition coefficient (Wildman–Crippen LogP) is 3.67. The van der Waals surface area contributed by atoms with Gasteiger partial charge in [0.15, 0.2) is 6.61 Å². The highest BCUT2D eigenvalue weighted by Crippen LogP contribution is 2.24. The number of carbonyl (C=O) groups is 2. The summed E-state index contributed by atoms with van der Waals surface area (Å²) in [6.07, 6.45) is 0. The molecule has 1 aromatic heterocycles. The Morgan fingerprint density at radius 3 is 2.48 bits per heavy atom. The summed E-state index contributed by atoms with van der Waals surface area (Å²) in [6.45, 7) is 4.77. The number of ether oxygens (including phenoxy) is 2. The third kappa shape index (κ3) is 4.91. The van der Waals surface area contributed by atoms with Crippen molar-refractivity contribution in [2.75, 3.05) is 13.7 Å². The Morgan fingerprint density at radius 1 is 1.13 bits per heavy atom. The molecule has 7 nitrogen and oxygen atoms in total. The van der Waals surface area contributed by atoms with Crippen molar-refractivity contribution >= 4 is 11.9 Å². The predicted molar refractivity (Wildman–Crippen MR) is 113 cm³/mol. The summed E-state index contributed by atoms with van der Waals surface area (Å²) in [7, 11) is 1.56. The van der Waals surface area contributed by atoms with Crippen LogP contribution in [0.5, 0.6) is 5.75 Å². The maximum atomic E-state index is 13.2. The van der Waals surface area contributed by atoms with E-state index in [2.05, 4.69) is 10.4 Å². The van der Waals surface area contributed by atoms with E-state index in [1.54, 1.807) is 33.1 Å². The Morgan fingerprint density at radius 2 is 1.81 bits per heavy atom. The number of rotatable bonds is 7. The van der Waals surface area contributed by atoms with Gasteiger partial charge in [0.25, 0.3) is 5.91 Å². The molecule has 3 aromatic rings. The largest absolute Gasteiger partial charge is 0.496 e. The van der Waals surface area contributed by atoms with Gasteiger partial charge >= 0.3 is 5.97 Å². The van der Waals surface area contributed by atoms with Crippen molar-refractivity contribution in [3.05, 3.63) is 76.9 Å². The number of aryl methyl sites for hydroxylation is 1. The smallest absolute Gasteiger partial charge is 0.342 e. The van der Waals surface area contributed by atoms with Gasteiger partial charge in [0.1, 0.15) is 17.1 Å². The molecule has 0 aliphatic heterocycles. The number of aromatic nitrogens is 2.